The molecule has 5 heteroatoms. The van der Waals surface area contributed by atoms with Crippen molar-refractivity contribution in [1.29, 1.82) is 0 Å². The number of carbonyl (C=O) groups excluding carboxylic acids is 1. The van der Waals surface area contributed by atoms with E-state index in [4.69, 9.17) is 22.7 Å². The molecule has 1 aliphatic rings. The van der Waals surface area contributed by atoms with Crippen LogP contribution in [-0.2, 0) is 9.53 Å². The zero-order chi connectivity index (χ0) is 15.2. The number of thiocarbonyl (C=S) groups is 1. The van der Waals surface area contributed by atoms with Crippen molar-refractivity contribution in [3.8, 4) is 0 Å². The molecule has 0 aromatic heterocycles. The third kappa shape index (κ3) is 4.25. The van der Waals surface area contributed by atoms with Gasteiger partial charge in [0.15, 0.2) is 0 Å². The topological polar surface area (TPSA) is 64.4 Å². The van der Waals surface area contributed by atoms with Crippen LogP contribution in [0.3, 0.4) is 0 Å². The van der Waals surface area contributed by atoms with Crippen molar-refractivity contribution in [1.82, 2.24) is 5.32 Å². The minimum absolute atomic E-state index is 0.0990. The number of nitrogens with one attached hydrogen (secondary N) is 1. The Morgan fingerprint density at radius 3 is 2.52 bits per heavy atom. The lowest BCUT2D eigenvalue weighted by Crippen LogP contribution is -2.44. The number of hydrogen-bond acceptors (Lipinski definition) is 3. The molecule has 3 N–H and O–H groups in total. The van der Waals surface area contributed by atoms with Gasteiger partial charge in [-0.25, -0.2) is 0 Å². The first-order valence-electron chi connectivity index (χ1n) is 7.32. The fraction of sp³-hybridized carbons (Fsp3) is 0.500. The van der Waals surface area contributed by atoms with E-state index >= 15 is 0 Å². The van der Waals surface area contributed by atoms with E-state index in [1.807, 2.05) is 37.3 Å². The molecule has 1 fully saturated rings. The molecule has 0 saturated carbocycles. The van der Waals surface area contributed by atoms with E-state index in [0.29, 0.717) is 5.92 Å². The van der Waals surface area contributed by atoms with E-state index in [1.165, 1.54) is 0 Å². The van der Waals surface area contributed by atoms with Gasteiger partial charge in [-0.2, -0.15) is 0 Å². The zero-order valence-electron chi connectivity index (χ0n) is 12.2. The Bertz CT molecular complexity index is 486. The molecule has 0 bridgehead atoms. The van der Waals surface area contributed by atoms with Gasteiger partial charge < -0.3 is 15.8 Å². The standard InChI is InChI=1S/C16H22N2O2S/c1-11(12-7-9-20-10-8-12)18-16(19)14(15(17)21)13-5-3-2-4-6-13/h2-6,11-12,14H,7-10H2,1H3,(H2,17,21)(H,18,19). The van der Waals surface area contributed by atoms with Crippen molar-refractivity contribution in [3.05, 3.63) is 35.9 Å². The van der Waals surface area contributed by atoms with E-state index in [1.54, 1.807) is 0 Å². The fourth-order valence-electron chi connectivity index (χ4n) is 2.73. The van der Waals surface area contributed by atoms with Crippen molar-refractivity contribution in [2.24, 2.45) is 11.7 Å². The Hall–Kier alpha value is -1.46. The molecule has 2 atom stereocenters. The maximum Gasteiger partial charge on any atom is 0.234 e. The van der Waals surface area contributed by atoms with Crippen LogP contribution in [0.15, 0.2) is 30.3 Å². The maximum absolute atomic E-state index is 12.5. The van der Waals surface area contributed by atoms with Crippen molar-refractivity contribution >= 4 is 23.1 Å². The van der Waals surface area contributed by atoms with Gasteiger partial charge in [-0.15, -0.1) is 0 Å². The molecule has 1 aromatic rings. The molecule has 1 heterocycles. The highest BCUT2D eigenvalue weighted by molar-refractivity contribution is 7.80. The van der Waals surface area contributed by atoms with Crippen molar-refractivity contribution in [3.63, 3.8) is 0 Å². The second-order valence-electron chi connectivity index (χ2n) is 5.49. The average Bonchev–Trinajstić information content (AvgIpc) is 2.49. The Balaban J connectivity index is 2.03. The summed E-state index contributed by atoms with van der Waals surface area (Å²) in [4.78, 5) is 12.7. The number of benzene rings is 1. The van der Waals surface area contributed by atoms with Gasteiger partial charge in [-0.1, -0.05) is 42.5 Å². The molecule has 21 heavy (non-hydrogen) atoms. The summed E-state index contributed by atoms with van der Waals surface area (Å²) >= 11 is 5.08. The molecule has 1 aromatic carbocycles. The SMILES string of the molecule is CC(NC(=O)C(C(N)=S)c1ccccc1)C1CCOCC1. The number of hydrogen-bond donors (Lipinski definition) is 2. The largest absolute Gasteiger partial charge is 0.392 e. The van der Waals surface area contributed by atoms with Crippen LogP contribution in [0.2, 0.25) is 0 Å². The van der Waals surface area contributed by atoms with Crippen LogP contribution < -0.4 is 11.1 Å². The van der Waals surface area contributed by atoms with Gasteiger partial charge in [0.05, 0.1) is 4.99 Å². The Labute approximate surface area is 131 Å². The van der Waals surface area contributed by atoms with Gasteiger partial charge in [0.2, 0.25) is 5.91 Å². The monoisotopic (exact) mass is 306 g/mol. The molecule has 114 valence electrons. The number of rotatable bonds is 5. The molecule has 1 aliphatic heterocycles. The van der Waals surface area contributed by atoms with Gasteiger partial charge >= 0.3 is 0 Å². The summed E-state index contributed by atoms with van der Waals surface area (Å²) in [5, 5.41) is 3.07. The summed E-state index contributed by atoms with van der Waals surface area (Å²) in [5.41, 5.74) is 6.61. The van der Waals surface area contributed by atoms with E-state index in [-0.39, 0.29) is 16.9 Å². The van der Waals surface area contributed by atoms with Crippen LogP contribution in [-0.4, -0.2) is 30.2 Å². The number of carbonyl (C=O) groups is 1. The van der Waals surface area contributed by atoms with Crippen molar-refractivity contribution < 1.29 is 9.53 Å². The third-order valence-corrected chi connectivity index (χ3v) is 4.26. The Morgan fingerprint density at radius 2 is 1.95 bits per heavy atom. The predicted octanol–water partition coefficient (Wildman–Crippen LogP) is 1.99. The summed E-state index contributed by atoms with van der Waals surface area (Å²) in [7, 11) is 0. The molecule has 0 spiro atoms. The highest BCUT2D eigenvalue weighted by Gasteiger charge is 2.27. The van der Waals surface area contributed by atoms with Gasteiger partial charge in [0.25, 0.3) is 0 Å². The highest BCUT2D eigenvalue weighted by atomic mass is 32.1. The number of nitrogens with two attached hydrogens (primary N) is 1. The molecule has 1 amide bonds. The lowest BCUT2D eigenvalue weighted by Gasteiger charge is -2.29. The van der Waals surface area contributed by atoms with Crippen LogP contribution in [0.5, 0.6) is 0 Å². The molecule has 0 radical (unpaired) electrons. The minimum atomic E-state index is -0.566. The van der Waals surface area contributed by atoms with Crippen LogP contribution in [0.25, 0.3) is 0 Å². The van der Waals surface area contributed by atoms with Crippen LogP contribution in [0.1, 0.15) is 31.2 Å². The number of amides is 1. The third-order valence-electron chi connectivity index (χ3n) is 4.02. The van der Waals surface area contributed by atoms with Gasteiger partial charge in [-0.05, 0) is 31.2 Å². The summed E-state index contributed by atoms with van der Waals surface area (Å²) in [6, 6.07) is 9.53. The summed E-state index contributed by atoms with van der Waals surface area (Å²) in [5.74, 6) is -0.235. The molecule has 2 unspecified atom stereocenters. The summed E-state index contributed by atoms with van der Waals surface area (Å²) in [6.45, 7) is 3.57. The normalized spacial score (nSPS) is 18.7. The first-order chi connectivity index (χ1) is 10.1. The average molecular weight is 306 g/mol. The van der Waals surface area contributed by atoms with Crippen molar-refractivity contribution in [2.45, 2.75) is 31.7 Å². The van der Waals surface area contributed by atoms with E-state index in [9.17, 15) is 4.79 Å². The molecule has 0 aliphatic carbocycles. The Morgan fingerprint density at radius 1 is 1.33 bits per heavy atom. The number of ether oxygens (including phenoxy) is 1. The molecule has 2 rings (SSSR count). The predicted molar refractivity (Wildman–Crippen MR) is 87.1 cm³/mol. The van der Waals surface area contributed by atoms with E-state index in [0.717, 1.165) is 31.6 Å². The highest BCUT2D eigenvalue weighted by Crippen LogP contribution is 2.21. The van der Waals surface area contributed by atoms with Crippen LogP contribution in [0, 0.1) is 5.92 Å². The van der Waals surface area contributed by atoms with E-state index in [2.05, 4.69) is 5.32 Å². The maximum atomic E-state index is 12.5. The van der Waals surface area contributed by atoms with Crippen molar-refractivity contribution in [2.75, 3.05) is 13.2 Å². The second-order valence-corrected chi connectivity index (χ2v) is 5.96. The summed E-state index contributed by atoms with van der Waals surface area (Å²) in [6.07, 6.45) is 1.95. The van der Waals surface area contributed by atoms with Gasteiger partial charge in [0, 0.05) is 19.3 Å². The lowest BCUT2D eigenvalue weighted by molar-refractivity contribution is -0.122. The molecular weight excluding hydrogens is 284 g/mol. The smallest absolute Gasteiger partial charge is 0.234 e. The zero-order valence-corrected chi connectivity index (χ0v) is 13.1. The van der Waals surface area contributed by atoms with Crippen LogP contribution >= 0.6 is 12.2 Å². The quantitative estimate of drug-likeness (QED) is 0.817. The summed E-state index contributed by atoms with van der Waals surface area (Å²) < 4.78 is 5.36. The molecule has 4 nitrogen and oxygen atoms in total. The van der Waals surface area contributed by atoms with Crippen LogP contribution in [0.4, 0.5) is 0 Å². The van der Waals surface area contributed by atoms with Gasteiger partial charge in [-0.3, -0.25) is 4.79 Å². The molecular formula is C16H22N2O2S. The second kappa shape index (κ2) is 7.52. The first-order valence-corrected chi connectivity index (χ1v) is 7.73. The minimum Gasteiger partial charge on any atom is -0.392 e. The van der Waals surface area contributed by atoms with Gasteiger partial charge in [0.1, 0.15) is 5.92 Å². The molecule has 1 saturated heterocycles. The first kappa shape index (κ1) is 15.9. The fourth-order valence-corrected chi connectivity index (χ4v) is 2.97. The lowest BCUT2D eigenvalue weighted by atomic mass is 9.91. The van der Waals surface area contributed by atoms with E-state index < -0.39 is 5.92 Å². The Kier molecular flexibility index (Phi) is 5.70.